The molecule has 1 heterocycles. The number of hydrogen-bond acceptors (Lipinski definition) is 4. The first kappa shape index (κ1) is 18.7. The van der Waals surface area contributed by atoms with E-state index in [1.807, 2.05) is 18.3 Å². The second-order valence-corrected chi connectivity index (χ2v) is 6.66. The molecule has 0 atom stereocenters. The first-order chi connectivity index (χ1) is 13.0. The molecule has 0 fully saturated rings. The average Bonchev–Trinajstić information content (AvgIpc) is 3.10. The van der Waals surface area contributed by atoms with Crippen molar-refractivity contribution in [1.29, 1.82) is 0 Å². The van der Waals surface area contributed by atoms with Gasteiger partial charge in [-0.1, -0.05) is 12.1 Å². The Labute approximate surface area is 157 Å². The molecule has 0 saturated carbocycles. The van der Waals surface area contributed by atoms with E-state index >= 15 is 0 Å². The van der Waals surface area contributed by atoms with E-state index in [4.69, 9.17) is 9.47 Å². The van der Waals surface area contributed by atoms with Gasteiger partial charge in [-0.3, -0.25) is 0 Å². The smallest absolute Gasteiger partial charge is 0.343 e. The van der Waals surface area contributed by atoms with E-state index in [9.17, 15) is 9.59 Å². The number of esters is 2. The number of methoxy groups -OCH3 is 1. The van der Waals surface area contributed by atoms with Crippen molar-refractivity contribution < 1.29 is 24.0 Å². The van der Waals surface area contributed by atoms with Crippen LogP contribution in [0.1, 0.15) is 26.3 Å². The van der Waals surface area contributed by atoms with Crippen LogP contribution < -0.4 is 9.64 Å². The molecule has 0 aliphatic heterocycles. The van der Waals surface area contributed by atoms with Crippen molar-refractivity contribution in [2.45, 2.75) is 6.42 Å². The number of nitrogens with one attached hydrogen (secondary N) is 2. The molecule has 0 saturated heterocycles. The number of rotatable bonds is 6. The zero-order valence-corrected chi connectivity index (χ0v) is 15.7. The van der Waals surface area contributed by atoms with E-state index < -0.39 is 11.9 Å². The van der Waals surface area contributed by atoms with E-state index in [1.54, 1.807) is 24.3 Å². The standard InChI is InChI=1S/C21H22N2O4/c1-23(2)11-10-16-13-22-17-8-5-9-18(19(16)17)27-21(25)15-7-4-6-14(12-15)20(24)26-3/h4-9,12-13,22H,10-11H2,1-3H3/p+1. The van der Waals surface area contributed by atoms with Gasteiger partial charge in [0.05, 0.1) is 38.9 Å². The summed E-state index contributed by atoms with van der Waals surface area (Å²) in [6, 6.07) is 11.9. The zero-order valence-electron chi connectivity index (χ0n) is 15.7. The lowest BCUT2D eigenvalue weighted by molar-refractivity contribution is -0.858. The Bertz CT molecular complexity index is 975. The van der Waals surface area contributed by atoms with Crippen LogP contribution in [0.5, 0.6) is 5.75 Å². The van der Waals surface area contributed by atoms with Gasteiger partial charge in [-0.2, -0.15) is 0 Å². The summed E-state index contributed by atoms with van der Waals surface area (Å²) in [5.74, 6) is -0.504. The third-order valence-corrected chi connectivity index (χ3v) is 4.37. The molecule has 3 rings (SSSR count). The molecule has 27 heavy (non-hydrogen) atoms. The topological polar surface area (TPSA) is 72.8 Å². The Hall–Kier alpha value is -3.12. The van der Waals surface area contributed by atoms with Crippen LogP contribution in [0, 0.1) is 0 Å². The second kappa shape index (κ2) is 8.05. The van der Waals surface area contributed by atoms with Crippen molar-refractivity contribution in [2.75, 3.05) is 27.7 Å². The fourth-order valence-corrected chi connectivity index (χ4v) is 2.94. The largest absolute Gasteiger partial charge is 0.465 e. The number of ether oxygens (including phenoxy) is 2. The van der Waals surface area contributed by atoms with Gasteiger partial charge in [-0.15, -0.1) is 0 Å². The lowest BCUT2D eigenvalue weighted by Crippen LogP contribution is -3.05. The number of carbonyl (C=O) groups is 2. The Morgan fingerprint density at radius 2 is 1.74 bits per heavy atom. The lowest BCUT2D eigenvalue weighted by atomic mass is 10.1. The van der Waals surface area contributed by atoms with Crippen LogP contribution in [0.25, 0.3) is 10.9 Å². The fourth-order valence-electron chi connectivity index (χ4n) is 2.94. The van der Waals surface area contributed by atoms with Gasteiger partial charge in [0.15, 0.2) is 0 Å². The third-order valence-electron chi connectivity index (χ3n) is 4.37. The fraction of sp³-hybridized carbons (Fsp3) is 0.238. The van der Waals surface area contributed by atoms with Gasteiger partial charge in [0.2, 0.25) is 0 Å². The van der Waals surface area contributed by atoms with Crippen molar-refractivity contribution in [3.05, 3.63) is 65.4 Å². The highest BCUT2D eigenvalue weighted by molar-refractivity contribution is 5.98. The van der Waals surface area contributed by atoms with Crippen molar-refractivity contribution in [3.8, 4) is 5.75 Å². The van der Waals surface area contributed by atoms with Crippen LogP contribution in [0.4, 0.5) is 0 Å². The van der Waals surface area contributed by atoms with Gasteiger partial charge in [0, 0.05) is 23.5 Å². The molecule has 0 bridgehead atoms. The number of hydrogen-bond donors (Lipinski definition) is 2. The monoisotopic (exact) mass is 367 g/mol. The van der Waals surface area contributed by atoms with Crippen molar-refractivity contribution in [2.24, 2.45) is 0 Å². The average molecular weight is 367 g/mol. The normalized spacial score (nSPS) is 11.0. The number of benzene rings is 2. The lowest BCUT2D eigenvalue weighted by Gasteiger charge is -2.09. The van der Waals surface area contributed by atoms with E-state index in [-0.39, 0.29) is 0 Å². The summed E-state index contributed by atoms with van der Waals surface area (Å²) in [6.45, 7) is 0.969. The summed E-state index contributed by atoms with van der Waals surface area (Å²) in [4.78, 5) is 28.9. The number of fused-ring (bicyclic) bond motifs is 1. The number of quaternary nitrogens is 1. The van der Waals surface area contributed by atoms with Crippen molar-refractivity contribution >= 4 is 22.8 Å². The quantitative estimate of drug-likeness (QED) is 0.515. The van der Waals surface area contributed by atoms with Crippen LogP contribution >= 0.6 is 0 Å². The minimum atomic E-state index is -0.515. The van der Waals surface area contributed by atoms with E-state index in [0.29, 0.717) is 16.9 Å². The predicted molar refractivity (Wildman–Crippen MR) is 102 cm³/mol. The molecule has 1 aromatic heterocycles. The number of likely N-dealkylation sites (N-methyl/N-ethyl adjacent to an activating group) is 1. The van der Waals surface area contributed by atoms with Crippen LogP contribution in [0.3, 0.4) is 0 Å². The molecule has 0 aliphatic rings. The maximum atomic E-state index is 12.6. The minimum absolute atomic E-state index is 0.296. The molecule has 2 aromatic carbocycles. The van der Waals surface area contributed by atoms with Gasteiger partial charge in [-0.05, 0) is 35.9 Å². The van der Waals surface area contributed by atoms with Crippen LogP contribution in [0.15, 0.2) is 48.7 Å². The summed E-state index contributed by atoms with van der Waals surface area (Å²) in [6.07, 6.45) is 2.83. The first-order valence-corrected chi connectivity index (χ1v) is 8.78. The molecule has 0 spiro atoms. The highest BCUT2D eigenvalue weighted by atomic mass is 16.5. The highest BCUT2D eigenvalue weighted by Crippen LogP contribution is 2.29. The van der Waals surface area contributed by atoms with Gasteiger partial charge < -0.3 is 19.4 Å². The Morgan fingerprint density at radius 3 is 2.44 bits per heavy atom. The SMILES string of the molecule is COC(=O)c1cccc(C(=O)Oc2cccc3[nH]cc(CC[NH+](C)C)c23)c1. The van der Waals surface area contributed by atoms with Gasteiger partial charge in [0.1, 0.15) is 5.75 Å². The number of aromatic nitrogens is 1. The molecule has 0 unspecified atom stereocenters. The van der Waals surface area contributed by atoms with E-state index in [0.717, 1.165) is 29.4 Å². The highest BCUT2D eigenvalue weighted by Gasteiger charge is 2.16. The van der Waals surface area contributed by atoms with Crippen LogP contribution in [-0.2, 0) is 11.2 Å². The third kappa shape index (κ3) is 4.17. The Balaban J connectivity index is 1.89. The maximum absolute atomic E-state index is 12.6. The molecule has 2 N–H and O–H groups in total. The molecular weight excluding hydrogens is 344 g/mol. The summed E-state index contributed by atoms with van der Waals surface area (Å²) in [7, 11) is 5.51. The number of aromatic amines is 1. The Kier molecular flexibility index (Phi) is 5.57. The summed E-state index contributed by atoms with van der Waals surface area (Å²) in [5.41, 5.74) is 2.64. The predicted octanol–water partition coefficient (Wildman–Crippen LogP) is 1.86. The van der Waals surface area contributed by atoms with Gasteiger partial charge in [0.25, 0.3) is 0 Å². The zero-order chi connectivity index (χ0) is 19.4. The van der Waals surface area contributed by atoms with E-state index in [2.05, 4.69) is 19.1 Å². The molecule has 6 heteroatoms. The van der Waals surface area contributed by atoms with Gasteiger partial charge in [-0.25, -0.2) is 9.59 Å². The second-order valence-electron chi connectivity index (χ2n) is 6.66. The van der Waals surface area contributed by atoms with Crippen LogP contribution in [0.2, 0.25) is 0 Å². The molecule has 0 aliphatic carbocycles. The molecule has 140 valence electrons. The Morgan fingerprint density at radius 1 is 1.04 bits per heavy atom. The molecule has 3 aromatic rings. The minimum Gasteiger partial charge on any atom is -0.465 e. The molecular formula is C21H23N2O4+. The first-order valence-electron chi connectivity index (χ1n) is 8.78. The summed E-state index contributed by atoms with van der Waals surface area (Å²) < 4.78 is 10.4. The van der Waals surface area contributed by atoms with Gasteiger partial charge >= 0.3 is 11.9 Å². The summed E-state index contributed by atoms with van der Waals surface area (Å²) >= 11 is 0. The van der Waals surface area contributed by atoms with E-state index in [1.165, 1.54) is 18.1 Å². The van der Waals surface area contributed by atoms with Crippen molar-refractivity contribution in [3.63, 3.8) is 0 Å². The summed E-state index contributed by atoms with van der Waals surface area (Å²) in [5, 5.41) is 0.913. The van der Waals surface area contributed by atoms with Crippen molar-refractivity contribution in [1.82, 2.24) is 4.98 Å². The molecule has 0 radical (unpaired) electrons. The maximum Gasteiger partial charge on any atom is 0.343 e. The molecule has 6 nitrogen and oxygen atoms in total. The number of carbonyl (C=O) groups excluding carboxylic acids is 2. The van der Waals surface area contributed by atoms with Crippen LogP contribution in [-0.4, -0.2) is 44.7 Å². The molecule has 0 amide bonds. The number of H-pyrrole nitrogens is 1.